The summed E-state index contributed by atoms with van der Waals surface area (Å²) in [6.45, 7) is 7.23. The molecule has 2 nitrogen and oxygen atoms in total. The molecule has 1 heterocycles. The summed E-state index contributed by atoms with van der Waals surface area (Å²) in [6.07, 6.45) is 4.07. The Kier molecular flexibility index (Phi) is 4.19. The molecule has 2 fully saturated rings. The molecule has 2 heteroatoms. The lowest BCUT2D eigenvalue weighted by Crippen LogP contribution is -2.42. The molecule has 19 heavy (non-hydrogen) atoms. The number of hydrogen-bond donors (Lipinski definition) is 1. The molecular weight excluding hydrogens is 232 g/mol. The van der Waals surface area contributed by atoms with Crippen molar-refractivity contribution in [3.8, 4) is 0 Å². The highest BCUT2D eigenvalue weighted by atomic mass is 15.1. The van der Waals surface area contributed by atoms with E-state index in [0.29, 0.717) is 0 Å². The van der Waals surface area contributed by atoms with Crippen molar-refractivity contribution in [3.63, 3.8) is 0 Å². The second-order valence-electron chi connectivity index (χ2n) is 6.42. The summed E-state index contributed by atoms with van der Waals surface area (Å²) in [4.78, 5) is 2.59. The van der Waals surface area contributed by atoms with Crippen molar-refractivity contribution in [1.82, 2.24) is 10.2 Å². The third-order valence-electron chi connectivity index (χ3n) is 4.78. The zero-order valence-electron chi connectivity index (χ0n) is 12.0. The number of nitrogens with zero attached hydrogens (tertiary/aromatic N) is 1. The van der Waals surface area contributed by atoms with Crippen LogP contribution in [0.25, 0.3) is 0 Å². The lowest BCUT2D eigenvalue weighted by molar-refractivity contribution is 0.190. The van der Waals surface area contributed by atoms with Gasteiger partial charge in [-0.05, 0) is 56.3 Å². The van der Waals surface area contributed by atoms with Crippen LogP contribution >= 0.6 is 0 Å². The van der Waals surface area contributed by atoms with Crippen LogP contribution in [-0.2, 0) is 6.54 Å². The van der Waals surface area contributed by atoms with Crippen LogP contribution in [0.3, 0.4) is 0 Å². The van der Waals surface area contributed by atoms with Crippen molar-refractivity contribution < 1.29 is 0 Å². The number of nitrogens with one attached hydrogen (secondary N) is 1. The molecule has 2 atom stereocenters. The van der Waals surface area contributed by atoms with E-state index in [4.69, 9.17) is 0 Å². The maximum Gasteiger partial charge on any atom is 0.0233 e. The molecule has 104 valence electrons. The topological polar surface area (TPSA) is 15.3 Å². The highest BCUT2D eigenvalue weighted by molar-refractivity contribution is 5.14. The Morgan fingerprint density at radius 1 is 1.16 bits per heavy atom. The van der Waals surface area contributed by atoms with E-state index in [9.17, 15) is 0 Å². The van der Waals surface area contributed by atoms with Crippen LogP contribution in [0.4, 0.5) is 0 Å². The van der Waals surface area contributed by atoms with Gasteiger partial charge in [0.1, 0.15) is 0 Å². The van der Waals surface area contributed by atoms with Crippen molar-refractivity contribution in [2.75, 3.05) is 19.6 Å². The normalized spacial score (nSPS) is 28.5. The van der Waals surface area contributed by atoms with E-state index < -0.39 is 0 Å². The number of benzene rings is 1. The molecule has 1 aliphatic carbocycles. The molecule has 0 spiro atoms. The lowest BCUT2D eigenvalue weighted by Gasteiger charge is -2.32. The Hall–Kier alpha value is -0.860. The quantitative estimate of drug-likeness (QED) is 0.873. The molecule has 0 aromatic heterocycles. The van der Waals surface area contributed by atoms with Gasteiger partial charge in [0.05, 0.1) is 0 Å². The molecule has 1 N–H and O–H groups in total. The standard InChI is InChI=1S/C17H26N2/c1-14-11-16(14)12-18-17-7-9-19(10-8-17)13-15-5-3-2-4-6-15/h2-6,14,16-18H,7-13H2,1H3. The van der Waals surface area contributed by atoms with E-state index in [-0.39, 0.29) is 0 Å². The van der Waals surface area contributed by atoms with Crippen LogP contribution in [0.15, 0.2) is 30.3 Å². The van der Waals surface area contributed by atoms with Gasteiger partial charge in [-0.25, -0.2) is 0 Å². The van der Waals surface area contributed by atoms with Gasteiger partial charge in [0.15, 0.2) is 0 Å². The molecule has 0 radical (unpaired) electrons. The van der Waals surface area contributed by atoms with Crippen molar-refractivity contribution in [2.45, 2.75) is 38.8 Å². The van der Waals surface area contributed by atoms with Crippen molar-refractivity contribution in [3.05, 3.63) is 35.9 Å². The Balaban J connectivity index is 1.37. The Bertz CT molecular complexity index is 382. The smallest absolute Gasteiger partial charge is 0.0233 e. The first kappa shape index (κ1) is 13.1. The minimum absolute atomic E-state index is 0.764. The molecule has 1 aliphatic heterocycles. The molecule has 2 aliphatic rings. The third kappa shape index (κ3) is 3.80. The Morgan fingerprint density at radius 3 is 2.47 bits per heavy atom. The summed E-state index contributed by atoms with van der Waals surface area (Å²) < 4.78 is 0. The number of likely N-dealkylation sites (tertiary alicyclic amines) is 1. The van der Waals surface area contributed by atoms with Crippen LogP contribution in [0, 0.1) is 11.8 Å². The summed E-state index contributed by atoms with van der Waals surface area (Å²) in [7, 11) is 0. The van der Waals surface area contributed by atoms with Crippen molar-refractivity contribution in [2.24, 2.45) is 11.8 Å². The van der Waals surface area contributed by atoms with Gasteiger partial charge < -0.3 is 5.32 Å². The van der Waals surface area contributed by atoms with Gasteiger partial charge in [0.25, 0.3) is 0 Å². The largest absolute Gasteiger partial charge is 0.314 e. The summed E-state index contributed by atoms with van der Waals surface area (Å²) in [5, 5.41) is 3.77. The van der Waals surface area contributed by atoms with Gasteiger partial charge in [0.2, 0.25) is 0 Å². The fourth-order valence-electron chi connectivity index (χ4n) is 3.14. The number of hydrogen-bond acceptors (Lipinski definition) is 2. The third-order valence-corrected chi connectivity index (χ3v) is 4.78. The van der Waals surface area contributed by atoms with Gasteiger partial charge in [-0.3, -0.25) is 4.90 Å². The predicted molar refractivity (Wildman–Crippen MR) is 80.0 cm³/mol. The molecule has 1 aromatic carbocycles. The van der Waals surface area contributed by atoms with Crippen LogP contribution in [0.1, 0.15) is 31.7 Å². The average Bonchev–Trinajstić information content (AvgIpc) is 3.15. The highest BCUT2D eigenvalue weighted by Crippen LogP contribution is 2.37. The minimum Gasteiger partial charge on any atom is -0.314 e. The zero-order valence-corrected chi connectivity index (χ0v) is 12.0. The Labute approximate surface area is 117 Å². The lowest BCUT2D eigenvalue weighted by atomic mass is 10.0. The molecular formula is C17H26N2. The van der Waals surface area contributed by atoms with E-state index in [1.807, 2.05) is 0 Å². The van der Waals surface area contributed by atoms with E-state index in [2.05, 4.69) is 47.5 Å². The van der Waals surface area contributed by atoms with E-state index in [1.165, 1.54) is 44.5 Å². The second-order valence-corrected chi connectivity index (χ2v) is 6.42. The molecule has 0 bridgehead atoms. The fraction of sp³-hybridized carbons (Fsp3) is 0.647. The van der Waals surface area contributed by atoms with E-state index in [1.54, 1.807) is 0 Å². The SMILES string of the molecule is CC1CC1CNC1CCN(Cc2ccccc2)CC1. The zero-order chi connectivity index (χ0) is 13.1. The average molecular weight is 258 g/mol. The van der Waals surface area contributed by atoms with Crippen molar-refractivity contribution >= 4 is 0 Å². The van der Waals surface area contributed by atoms with E-state index >= 15 is 0 Å². The predicted octanol–water partition coefficient (Wildman–Crippen LogP) is 2.90. The second kappa shape index (κ2) is 6.06. The molecule has 1 aromatic rings. The first-order valence-corrected chi connectivity index (χ1v) is 7.81. The molecule has 0 amide bonds. The fourth-order valence-corrected chi connectivity index (χ4v) is 3.14. The summed E-state index contributed by atoms with van der Waals surface area (Å²) in [5.74, 6) is 1.95. The van der Waals surface area contributed by atoms with Gasteiger partial charge in [-0.2, -0.15) is 0 Å². The van der Waals surface area contributed by atoms with E-state index in [0.717, 1.165) is 24.4 Å². The summed E-state index contributed by atoms with van der Waals surface area (Å²) >= 11 is 0. The monoisotopic (exact) mass is 258 g/mol. The highest BCUT2D eigenvalue weighted by Gasteiger charge is 2.32. The molecule has 2 unspecified atom stereocenters. The molecule has 1 saturated carbocycles. The van der Waals surface area contributed by atoms with Crippen LogP contribution in [-0.4, -0.2) is 30.6 Å². The van der Waals surface area contributed by atoms with Gasteiger partial charge >= 0.3 is 0 Å². The maximum atomic E-state index is 3.77. The van der Waals surface area contributed by atoms with Gasteiger partial charge in [-0.1, -0.05) is 37.3 Å². The van der Waals surface area contributed by atoms with Gasteiger partial charge in [0, 0.05) is 12.6 Å². The molecule has 1 saturated heterocycles. The first-order valence-electron chi connectivity index (χ1n) is 7.81. The van der Waals surface area contributed by atoms with Crippen LogP contribution < -0.4 is 5.32 Å². The van der Waals surface area contributed by atoms with Crippen molar-refractivity contribution in [1.29, 1.82) is 0 Å². The maximum absolute atomic E-state index is 3.77. The summed E-state index contributed by atoms with van der Waals surface area (Å²) in [5.41, 5.74) is 1.45. The van der Waals surface area contributed by atoms with Crippen LogP contribution in [0.2, 0.25) is 0 Å². The minimum atomic E-state index is 0.764. The summed E-state index contributed by atoms with van der Waals surface area (Å²) in [6, 6.07) is 11.6. The first-order chi connectivity index (χ1) is 9.31. The number of piperidine rings is 1. The van der Waals surface area contributed by atoms with Gasteiger partial charge in [-0.15, -0.1) is 0 Å². The Morgan fingerprint density at radius 2 is 1.84 bits per heavy atom. The molecule has 3 rings (SSSR count). The van der Waals surface area contributed by atoms with Crippen LogP contribution in [0.5, 0.6) is 0 Å². The number of rotatable bonds is 5.